The zero-order chi connectivity index (χ0) is 34.1. The number of halogens is 7. The third-order valence-corrected chi connectivity index (χ3v) is 9.23. The zero-order valence-electron chi connectivity index (χ0n) is 25.6. The minimum Gasteiger partial charge on any atom is -0.387 e. The second-order valence-corrected chi connectivity index (χ2v) is 12.1. The molecule has 4 rings (SSSR count). The molecular formula is C32H36F7N3O4. The predicted octanol–water partition coefficient (Wildman–Crippen LogP) is 5.55. The average Bonchev–Trinajstić information content (AvgIpc) is 3.01. The second kappa shape index (κ2) is 13.6. The van der Waals surface area contributed by atoms with Crippen LogP contribution in [0.1, 0.15) is 66.0 Å². The summed E-state index contributed by atoms with van der Waals surface area (Å²) in [6.07, 6.45) is -9.16. The number of rotatable bonds is 6. The molecule has 252 valence electrons. The fourth-order valence-electron chi connectivity index (χ4n) is 6.45. The van der Waals surface area contributed by atoms with Gasteiger partial charge in [-0.05, 0) is 80.1 Å². The molecule has 3 amide bonds. The second-order valence-electron chi connectivity index (χ2n) is 12.1. The van der Waals surface area contributed by atoms with Crippen LogP contribution in [0.4, 0.5) is 30.7 Å². The number of aryl methyl sites for hydroxylation is 1. The van der Waals surface area contributed by atoms with E-state index in [2.05, 4.69) is 0 Å². The van der Waals surface area contributed by atoms with Crippen molar-refractivity contribution in [2.75, 3.05) is 39.8 Å². The number of alkyl halides is 6. The van der Waals surface area contributed by atoms with Gasteiger partial charge >= 0.3 is 12.4 Å². The summed E-state index contributed by atoms with van der Waals surface area (Å²) in [6, 6.07) is 4.11. The van der Waals surface area contributed by atoms with Gasteiger partial charge in [0.2, 0.25) is 17.7 Å². The Balaban J connectivity index is 1.60. The summed E-state index contributed by atoms with van der Waals surface area (Å²) >= 11 is 0. The van der Waals surface area contributed by atoms with Gasteiger partial charge in [0.1, 0.15) is 12.4 Å². The van der Waals surface area contributed by atoms with Crippen LogP contribution in [-0.2, 0) is 26.7 Å². The van der Waals surface area contributed by atoms with Crippen LogP contribution in [0.15, 0.2) is 36.4 Å². The predicted molar refractivity (Wildman–Crippen MR) is 153 cm³/mol. The van der Waals surface area contributed by atoms with Gasteiger partial charge in [-0.1, -0.05) is 6.07 Å². The summed E-state index contributed by atoms with van der Waals surface area (Å²) in [5, 5.41) is 9.13. The van der Waals surface area contributed by atoms with Crippen LogP contribution < -0.4 is 0 Å². The Kier molecular flexibility index (Phi) is 10.4. The Morgan fingerprint density at radius 1 is 0.913 bits per heavy atom. The highest BCUT2D eigenvalue weighted by Crippen LogP contribution is 2.40. The van der Waals surface area contributed by atoms with Crippen molar-refractivity contribution in [1.82, 2.24) is 14.7 Å². The molecule has 2 heterocycles. The van der Waals surface area contributed by atoms with E-state index in [9.17, 15) is 45.1 Å². The molecule has 1 N–H and O–H groups in total. The maximum absolute atomic E-state index is 14.0. The number of aliphatic hydroxyl groups is 1. The maximum atomic E-state index is 14.0. The molecule has 3 atom stereocenters. The van der Waals surface area contributed by atoms with Crippen LogP contribution >= 0.6 is 0 Å². The molecular weight excluding hydrogens is 623 g/mol. The molecule has 14 heteroatoms. The first-order valence-corrected chi connectivity index (χ1v) is 14.9. The number of aliphatic hydroxyl groups excluding tert-OH is 1. The first-order valence-electron chi connectivity index (χ1n) is 14.9. The van der Waals surface area contributed by atoms with Crippen molar-refractivity contribution in [1.29, 1.82) is 0 Å². The van der Waals surface area contributed by atoms with Gasteiger partial charge in [-0.15, -0.1) is 0 Å². The fourth-order valence-corrected chi connectivity index (χ4v) is 6.45. The molecule has 7 nitrogen and oxygen atoms in total. The number of carbonyl (C=O) groups excluding carboxylic acids is 3. The van der Waals surface area contributed by atoms with E-state index >= 15 is 0 Å². The number of hydrogen-bond acceptors (Lipinski definition) is 4. The number of amides is 3. The summed E-state index contributed by atoms with van der Waals surface area (Å²) in [5.74, 6) is -3.46. The molecule has 2 aromatic rings. The van der Waals surface area contributed by atoms with Crippen LogP contribution in [0.2, 0.25) is 0 Å². The van der Waals surface area contributed by atoms with E-state index in [1.807, 2.05) is 0 Å². The van der Waals surface area contributed by atoms with Gasteiger partial charge in [0.25, 0.3) is 0 Å². The van der Waals surface area contributed by atoms with Crippen LogP contribution in [-0.4, -0.2) is 77.4 Å². The monoisotopic (exact) mass is 659 g/mol. The highest BCUT2D eigenvalue weighted by Gasteiger charge is 2.42. The average molecular weight is 660 g/mol. The number of likely N-dealkylation sites (tertiary alicyclic amines) is 2. The van der Waals surface area contributed by atoms with Gasteiger partial charge in [-0.3, -0.25) is 14.4 Å². The molecule has 0 aliphatic carbocycles. The number of hydrogen-bond donors (Lipinski definition) is 1. The maximum Gasteiger partial charge on any atom is 0.416 e. The van der Waals surface area contributed by atoms with Crippen molar-refractivity contribution in [2.45, 2.75) is 57.4 Å². The summed E-state index contributed by atoms with van der Waals surface area (Å²) < 4.78 is 95.2. The van der Waals surface area contributed by atoms with Gasteiger partial charge in [0.05, 0.1) is 17.2 Å². The lowest BCUT2D eigenvalue weighted by Gasteiger charge is -2.42. The first-order chi connectivity index (χ1) is 21.4. The SMILES string of the molecule is Cc1cc(F)ccc1C1CN(C(=O)C2CCN(C(=O)CO)CC2)CC[C@@H]1C(=O)N(C)[C@@H](C)c1cc(C(F)(F)F)cc(C(F)(F)F)c1. The summed E-state index contributed by atoms with van der Waals surface area (Å²) in [6.45, 7) is 3.25. The van der Waals surface area contributed by atoms with E-state index in [1.54, 1.807) is 11.8 Å². The van der Waals surface area contributed by atoms with Gasteiger partial charge < -0.3 is 19.8 Å². The van der Waals surface area contributed by atoms with Gasteiger partial charge in [0, 0.05) is 51.0 Å². The Labute approximate surface area is 261 Å². The van der Waals surface area contributed by atoms with Crippen molar-refractivity contribution in [3.63, 3.8) is 0 Å². The first kappa shape index (κ1) is 35.2. The number of nitrogens with zero attached hydrogens (tertiary/aromatic N) is 3. The highest BCUT2D eigenvalue weighted by atomic mass is 19.4. The molecule has 0 spiro atoms. The minimum absolute atomic E-state index is 0.0342. The molecule has 0 saturated carbocycles. The highest BCUT2D eigenvalue weighted by molar-refractivity contribution is 5.83. The van der Waals surface area contributed by atoms with Gasteiger partial charge in [-0.25, -0.2) is 4.39 Å². The molecule has 2 aliphatic rings. The van der Waals surface area contributed by atoms with Gasteiger partial charge in [0.15, 0.2) is 0 Å². The molecule has 1 unspecified atom stereocenters. The minimum atomic E-state index is -5.05. The third-order valence-electron chi connectivity index (χ3n) is 9.23. The van der Waals surface area contributed by atoms with Crippen LogP contribution in [0.5, 0.6) is 0 Å². The van der Waals surface area contributed by atoms with E-state index in [1.165, 1.54) is 37.1 Å². The zero-order valence-corrected chi connectivity index (χ0v) is 25.6. The van der Waals surface area contributed by atoms with E-state index in [-0.39, 0.29) is 37.0 Å². The lowest BCUT2D eigenvalue weighted by molar-refractivity contribution is -0.146. The van der Waals surface area contributed by atoms with Gasteiger partial charge in [-0.2, -0.15) is 26.3 Å². The number of benzene rings is 2. The van der Waals surface area contributed by atoms with Crippen molar-refractivity contribution >= 4 is 17.7 Å². The van der Waals surface area contributed by atoms with Crippen molar-refractivity contribution in [3.8, 4) is 0 Å². The number of piperidine rings is 2. The lowest BCUT2D eigenvalue weighted by Crippen LogP contribution is -2.51. The molecule has 0 aromatic heterocycles. The molecule has 2 fully saturated rings. The smallest absolute Gasteiger partial charge is 0.387 e. The standard InChI is InChI=1S/C32H36F7N3O4/c1-18-12-24(33)4-5-25(18)27-16-42(29(45)20-6-9-41(10-7-20)28(44)17-43)11-8-26(27)30(46)40(3)19(2)21-13-22(31(34,35)36)15-23(14-21)32(37,38)39/h4-5,12-15,19-20,26-27,43H,6-11,16-17H2,1-3H3/t19-,26-,27?/m0/s1. The third kappa shape index (κ3) is 7.64. The summed E-state index contributed by atoms with van der Waals surface area (Å²) in [7, 11) is 1.31. The number of carbonyl (C=O) groups is 3. The molecule has 0 radical (unpaired) electrons. The normalized spacial score (nSPS) is 20.4. The Hall–Kier alpha value is -3.68. The Morgan fingerprint density at radius 2 is 1.48 bits per heavy atom. The molecule has 2 aliphatic heterocycles. The molecule has 2 saturated heterocycles. The van der Waals surface area contributed by atoms with Crippen LogP contribution in [0, 0.1) is 24.6 Å². The van der Waals surface area contributed by atoms with Crippen LogP contribution in [0.25, 0.3) is 0 Å². The van der Waals surface area contributed by atoms with Crippen molar-refractivity contribution in [2.24, 2.45) is 11.8 Å². The van der Waals surface area contributed by atoms with Crippen molar-refractivity contribution in [3.05, 3.63) is 70.0 Å². The van der Waals surface area contributed by atoms with Crippen LogP contribution in [0.3, 0.4) is 0 Å². The molecule has 2 aromatic carbocycles. The largest absolute Gasteiger partial charge is 0.416 e. The lowest BCUT2D eigenvalue weighted by atomic mass is 9.77. The van der Waals surface area contributed by atoms with E-state index in [0.717, 1.165) is 4.90 Å². The molecule has 0 bridgehead atoms. The summed E-state index contributed by atoms with van der Waals surface area (Å²) in [5.41, 5.74) is -2.19. The molecule has 46 heavy (non-hydrogen) atoms. The van der Waals surface area contributed by atoms with Crippen molar-refractivity contribution < 1.29 is 50.2 Å². The van der Waals surface area contributed by atoms with E-state index in [0.29, 0.717) is 49.2 Å². The quantitative estimate of drug-likeness (QED) is 0.413. The Morgan fingerprint density at radius 3 is 2.00 bits per heavy atom. The topological polar surface area (TPSA) is 81.2 Å². The van der Waals surface area contributed by atoms with E-state index in [4.69, 9.17) is 5.11 Å². The summed E-state index contributed by atoms with van der Waals surface area (Å²) in [4.78, 5) is 43.6. The fraction of sp³-hybridized carbons (Fsp3) is 0.531. The van der Waals surface area contributed by atoms with E-state index < -0.39 is 71.5 Å². The Bertz CT molecular complexity index is 1420.